The van der Waals surface area contributed by atoms with E-state index in [0.717, 1.165) is 18.5 Å². The molecule has 2 rings (SSSR count). The lowest BCUT2D eigenvalue weighted by Gasteiger charge is -2.12. The minimum atomic E-state index is -3.39. The number of hydrogen-bond donors (Lipinski definition) is 2. The molecular weight excluding hydrogens is 236 g/mol. The van der Waals surface area contributed by atoms with Crippen molar-refractivity contribution in [2.45, 2.75) is 23.8 Å². The van der Waals surface area contributed by atoms with Crippen LogP contribution in [-0.4, -0.2) is 21.5 Å². The van der Waals surface area contributed by atoms with E-state index in [2.05, 4.69) is 10.0 Å². The minimum Gasteiger partial charge on any atom is -0.388 e. The summed E-state index contributed by atoms with van der Waals surface area (Å²) < 4.78 is 26.8. The van der Waals surface area contributed by atoms with Crippen LogP contribution in [-0.2, 0) is 10.0 Å². The summed E-state index contributed by atoms with van der Waals surface area (Å²) in [6.07, 6.45) is 5.54. The standard InChI is InChI=1S/C12H16N2O2S/c1-13-10-6-8-12(9-7-10)17(15,16)14-11-4-2-3-5-11/h2-3,6-9,11,13-14H,4-5H2,1H3. The molecule has 0 bridgehead atoms. The molecule has 1 aliphatic carbocycles. The van der Waals surface area contributed by atoms with E-state index in [0.29, 0.717) is 4.90 Å². The maximum atomic E-state index is 12.0. The van der Waals surface area contributed by atoms with Gasteiger partial charge in [-0.25, -0.2) is 13.1 Å². The van der Waals surface area contributed by atoms with Crippen LogP contribution in [0.4, 0.5) is 5.69 Å². The molecule has 0 unspecified atom stereocenters. The van der Waals surface area contributed by atoms with Crippen molar-refractivity contribution in [3.8, 4) is 0 Å². The molecule has 0 aliphatic heterocycles. The van der Waals surface area contributed by atoms with Gasteiger partial charge in [-0.2, -0.15) is 0 Å². The Hall–Kier alpha value is -1.33. The molecule has 0 amide bonds. The van der Waals surface area contributed by atoms with Gasteiger partial charge in [-0.3, -0.25) is 0 Å². The molecule has 1 aromatic carbocycles. The molecule has 5 heteroatoms. The molecule has 0 atom stereocenters. The van der Waals surface area contributed by atoms with Gasteiger partial charge in [0.25, 0.3) is 0 Å². The van der Waals surface area contributed by atoms with Crippen LogP contribution in [0, 0.1) is 0 Å². The number of rotatable bonds is 4. The molecule has 4 nitrogen and oxygen atoms in total. The maximum Gasteiger partial charge on any atom is 0.240 e. The van der Waals surface area contributed by atoms with E-state index in [-0.39, 0.29) is 6.04 Å². The van der Waals surface area contributed by atoms with Crippen molar-refractivity contribution in [1.29, 1.82) is 0 Å². The topological polar surface area (TPSA) is 58.2 Å². The summed E-state index contributed by atoms with van der Waals surface area (Å²) in [4.78, 5) is 0.309. The molecule has 0 spiro atoms. The van der Waals surface area contributed by atoms with Gasteiger partial charge in [-0.1, -0.05) is 12.2 Å². The van der Waals surface area contributed by atoms with Crippen LogP contribution in [0.2, 0.25) is 0 Å². The van der Waals surface area contributed by atoms with Gasteiger partial charge >= 0.3 is 0 Å². The minimum absolute atomic E-state index is 0.00368. The van der Waals surface area contributed by atoms with Crippen LogP contribution in [0.25, 0.3) is 0 Å². The average molecular weight is 252 g/mol. The summed E-state index contributed by atoms with van der Waals surface area (Å²) in [7, 11) is -1.59. The molecule has 0 aromatic heterocycles. The van der Waals surface area contributed by atoms with Gasteiger partial charge in [-0.05, 0) is 37.1 Å². The third kappa shape index (κ3) is 2.87. The predicted octanol–water partition coefficient (Wildman–Crippen LogP) is 1.73. The number of anilines is 1. The largest absolute Gasteiger partial charge is 0.388 e. The molecule has 92 valence electrons. The van der Waals surface area contributed by atoms with Crippen LogP contribution >= 0.6 is 0 Å². The summed E-state index contributed by atoms with van der Waals surface area (Å²) in [5.41, 5.74) is 0.895. The lowest BCUT2D eigenvalue weighted by Crippen LogP contribution is -2.32. The van der Waals surface area contributed by atoms with E-state index in [9.17, 15) is 8.42 Å². The first-order valence-electron chi connectivity index (χ1n) is 5.57. The number of benzene rings is 1. The third-order valence-corrected chi connectivity index (χ3v) is 4.32. The van der Waals surface area contributed by atoms with Crippen molar-refractivity contribution >= 4 is 15.7 Å². The second-order valence-corrected chi connectivity index (χ2v) is 5.75. The normalized spacial score (nSPS) is 16.3. The zero-order valence-electron chi connectivity index (χ0n) is 9.68. The van der Waals surface area contributed by atoms with Crippen LogP contribution in [0.15, 0.2) is 41.3 Å². The van der Waals surface area contributed by atoms with Crippen molar-refractivity contribution in [3.63, 3.8) is 0 Å². The molecule has 17 heavy (non-hydrogen) atoms. The van der Waals surface area contributed by atoms with E-state index in [1.807, 2.05) is 12.2 Å². The van der Waals surface area contributed by atoms with Crippen LogP contribution in [0.5, 0.6) is 0 Å². The molecule has 0 fully saturated rings. The first kappa shape index (κ1) is 12.1. The van der Waals surface area contributed by atoms with E-state index in [4.69, 9.17) is 0 Å². The molecule has 1 aromatic rings. The van der Waals surface area contributed by atoms with Crippen LogP contribution < -0.4 is 10.0 Å². The zero-order chi connectivity index (χ0) is 12.3. The van der Waals surface area contributed by atoms with Crippen LogP contribution in [0.3, 0.4) is 0 Å². The lowest BCUT2D eigenvalue weighted by molar-refractivity contribution is 0.557. The maximum absolute atomic E-state index is 12.0. The van der Waals surface area contributed by atoms with Gasteiger partial charge in [0.1, 0.15) is 0 Å². The second kappa shape index (κ2) is 4.89. The Bertz CT molecular complexity index is 498. The van der Waals surface area contributed by atoms with Gasteiger partial charge in [0, 0.05) is 18.8 Å². The summed E-state index contributed by atoms with van der Waals surface area (Å²) in [5.74, 6) is 0. The predicted molar refractivity (Wildman–Crippen MR) is 68.5 cm³/mol. The summed E-state index contributed by atoms with van der Waals surface area (Å²) in [6, 6.07) is 6.72. The Balaban J connectivity index is 2.13. The summed E-state index contributed by atoms with van der Waals surface area (Å²) in [5, 5.41) is 2.95. The molecule has 0 radical (unpaired) electrons. The fourth-order valence-corrected chi connectivity index (χ4v) is 3.06. The Labute approximate surface area is 102 Å². The van der Waals surface area contributed by atoms with Gasteiger partial charge in [0.2, 0.25) is 10.0 Å². The monoisotopic (exact) mass is 252 g/mol. The second-order valence-electron chi connectivity index (χ2n) is 4.04. The smallest absolute Gasteiger partial charge is 0.240 e. The van der Waals surface area contributed by atoms with Crippen molar-refractivity contribution < 1.29 is 8.42 Å². The molecule has 1 aliphatic rings. The van der Waals surface area contributed by atoms with E-state index in [1.165, 1.54) is 0 Å². The quantitative estimate of drug-likeness (QED) is 0.802. The highest BCUT2D eigenvalue weighted by Crippen LogP contribution is 2.16. The Kier molecular flexibility index (Phi) is 3.49. The van der Waals surface area contributed by atoms with Crippen molar-refractivity contribution in [2.24, 2.45) is 0 Å². The molecule has 2 N–H and O–H groups in total. The highest BCUT2D eigenvalue weighted by Gasteiger charge is 2.20. The molecule has 0 saturated heterocycles. The molecule has 0 saturated carbocycles. The van der Waals surface area contributed by atoms with Gasteiger partial charge in [0.05, 0.1) is 4.90 Å². The first-order chi connectivity index (χ1) is 8.12. The highest BCUT2D eigenvalue weighted by molar-refractivity contribution is 7.89. The Morgan fingerprint density at radius 3 is 2.24 bits per heavy atom. The first-order valence-corrected chi connectivity index (χ1v) is 7.05. The molecular formula is C12H16N2O2S. The SMILES string of the molecule is CNc1ccc(S(=O)(=O)NC2CC=CC2)cc1. The number of hydrogen-bond acceptors (Lipinski definition) is 3. The summed E-state index contributed by atoms with van der Waals surface area (Å²) >= 11 is 0. The summed E-state index contributed by atoms with van der Waals surface area (Å²) in [6.45, 7) is 0. The van der Waals surface area contributed by atoms with Crippen molar-refractivity contribution in [3.05, 3.63) is 36.4 Å². The average Bonchev–Trinajstić information content (AvgIpc) is 2.81. The number of nitrogens with one attached hydrogen (secondary N) is 2. The van der Waals surface area contributed by atoms with E-state index in [1.54, 1.807) is 31.3 Å². The fraction of sp³-hybridized carbons (Fsp3) is 0.333. The van der Waals surface area contributed by atoms with E-state index >= 15 is 0 Å². The fourth-order valence-electron chi connectivity index (χ4n) is 1.80. The highest BCUT2D eigenvalue weighted by atomic mass is 32.2. The van der Waals surface area contributed by atoms with Gasteiger partial charge in [-0.15, -0.1) is 0 Å². The Morgan fingerprint density at radius 1 is 1.12 bits per heavy atom. The Morgan fingerprint density at radius 2 is 1.71 bits per heavy atom. The number of sulfonamides is 1. The molecule has 0 heterocycles. The van der Waals surface area contributed by atoms with Crippen LogP contribution in [0.1, 0.15) is 12.8 Å². The van der Waals surface area contributed by atoms with Gasteiger partial charge < -0.3 is 5.32 Å². The van der Waals surface area contributed by atoms with Crippen molar-refractivity contribution in [2.75, 3.05) is 12.4 Å². The van der Waals surface area contributed by atoms with Gasteiger partial charge in [0.15, 0.2) is 0 Å². The third-order valence-electron chi connectivity index (χ3n) is 2.78. The van der Waals surface area contributed by atoms with E-state index < -0.39 is 10.0 Å². The lowest BCUT2D eigenvalue weighted by atomic mass is 10.3. The van der Waals surface area contributed by atoms with Crippen molar-refractivity contribution in [1.82, 2.24) is 4.72 Å². The zero-order valence-corrected chi connectivity index (χ0v) is 10.5.